The van der Waals surface area contributed by atoms with Crippen molar-refractivity contribution in [2.24, 2.45) is 0 Å². The van der Waals surface area contributed by atoms with Gasteiger partial charge in [0.2, 0.25) is 0 Å². The molecule has 0 heterocycles. The average Bonchev–Trinajstić information content (AvgIpc) is 3.19. The van der Waals surface area contributed by atoms with E-state index < -0.39 is 0 Å². The maximum Gasteiger partial charge on any atom is -0.00293 e. The van der Waals surface area contributed by atoms with E-state index in [2.05, 4.69) is 184 Å². The average molecular weight is 663 g/mol. The maximum absolute atomic E-state index is 2.53. The van der Waals surface area contributed by atoms with Gasteiger partial charge in [-0.2, -0.15) is 0 Å². The van der Waals surface area contributed by atoms with Crippen LogP contribution < -0.4 is 0 Å². The summed E-state index contributed by atoms with van der Waals surface area (Å²) < 4.78 is 0. The van der Waals surface area contributed by atoms with Crippen LogP contribution in [0.15, 0.2) is 164 Å². The van der Waals surface area contributed by atoms with Crippen molar-refractivity contribution >= 4 is 54.7 Å². The number of hydrogen-bond donors (Lipinski definition) is 0. The predicted octanol–water partition coefficient (Wildman–Crippen LogP) is 14.4. The van der Waals surface area contributed by atoms with Gasteiger partial charge < -0.3 is 0 Å². The zero-order valence-corrected chi connectivity index (χ0v) is 29.6. The third kappa shape index (κ3) is 4.98. The van der Waals surface area contributed by atoms with Crippen LogP contribution in [0.4, 0.5) is 0 Å². The molecule has 0 amide bonds. The molecular weight excluding hydrogens is 625 g/mol. The zero-order chi connectivity index (χ0) is 34.8. The Balaban J connectivity index is 1.24. The molecule has 0 heteroatoms. The van der Waals surface area contributed by atoms with Crippen LogP contribution >= 0.6 is 0 Å². The Kier molecular flexibility index (Phi) is 7.18. The summed E-state index contributed by atoms with van der Waals surface area (Å²) in [7, 11) is 0. The fraction of sp³-hybridized carbons (Fsp3) is 0.0769. The Morgan fingerprint density at radius 3 is 1.58 bits per heavy atom. The standard InChI is InChI=1S/C52H38/c1-33-19-22-40(31-48(33)50-34(2)20-21-37-13-7-8-16-44(37)50)41-27-28-47-49(32-41)52(43-26-24-36-12-4-6-15-39(36)30-43)46-18-10-9-17-45(46)51(47)42-25-23-35-11-3-5-14-38(35)29-42/h3-26,29-32H,27-28H2,1-2H3. The molecule has 0 saturated heterocycles. The molecule has 0 N–H and O–H groups in total. The Labute approximate surface area is 305 Å². The molecule has 0 unspecified atom stereocenters. The molecule has 0 spiro atoms. The van der Waals surface area contributed by atoms with Crippen molar-refractivity contribution in [3.8, 4) is 33.4 Å². The van der Waals surface area contributed by atoms with E-state index >= 15 is 0 Å². The monoisotopic (exact) mass is 662 g/mol. The van der Waals surface area contributed by atoms with Crippen molar-refractivity contribution in [3.05, 3.63) is 192 Å². The minimum Gasteiger partial charge on any atom is -0.0616 e. The van der Waals surface area contributed by atoms with Crippen molar-refractivity contribution < 1.29 is 0 Å². The van der Waals surface area contributed by atoms with Crippen LogP contribution in [0.25, 0.3) is 88.1 Å². The molecular formula is C52H38. The molecule has 0 radical (unpaired) electrons. The predicted molar refractivity (Wildman–Crippen MR) is 225 cm³/mol. The molecule has 10 rings (SSSR count). The van der Waals surface area contributed by atoms with Crippen LogP contribution in [0.5, 0.6) is 0 Å². The summed E-state index contributed by atoms with van der Waals surface area (Å²) in [6.07, 6.45) is 4.50. The van der Waals surface area contributed by atoms with Crippen molar-refractivity contribution in [2.75, 3.05) is 0 Å². The lowest BCUT2D eigenvalue weighted by molar-refractivity contribution is 1.01. The number of allylic oxidation sites excluding steroid dienone is 1. The summed E-state index contributed by atoms with van der Waals surface area (Å²) >= 11 is 0. The quantitative estimate of drug-likeness (QED) is 0.176. The van der Waals surface area contributed by atoms with E-state index in [4.69, 9.17) is 0 Å². The summed E-state index contributed by atoms with van der Waals surface area (Å²) in [6, 6.07) is 61.0. The Hall–Kier alpha value is -6.24. The number of rotatable bonds is 4. The third-order valence-electron chi connectivity index (χ3n) is 11.4. The van der Waals surface area contributed by atoms with Gasteiger partial charge in [-0.1, -0.05) is 152 Å². The first-order valence-corrected chi connectivity index (χ1v) is 18.5. The molecule has 1 aliphatic carbocycles. The Morgan fingerprint density at radius 2 is 0.885 bits per heavy atom. The van der Waals surface area contributed by atoms with Crippen molar-refractivity contribution in [3.63, 3.8) is 0 Å². The Bertz CT molecular complexity index is 2920. The van der Waals surface area contributed by atoms with Gasteiger partial charge in [0.15, 0.2) is 0 Å². The number of fused-ring (bicyclic) bond motifs is 5. The van der Waals surface area contributed by atoms with E-state index in [1.54, 1.807) is 0 Å². The lowest BCUT2D eigenvalue weighted by Crippen LogP contribution is -2.05. The summed E-state index contributed by atoms with van der Waals surface area (Å²) in [5.41, 5.74) is 16.0. The molecule has 0 saturated carbocycles. The first-order chi connectivity index (χ1) is 25.6. The van der Waals surface area contributed by atoms with Crippen LogP contribution in [-0.2, 0) is 6.42 Å². The number of benzene rings is 9. The Morgan fingerprint density at radius 1 is 0.365 bits per heavy atom. The molecule has 0 fully saturated rings. The van der Waals surface area contributed by atoms with E-state index in [9.17, 15) is 0 Å². The summed E-state index contributed by atoms with van der Waals surface area (Å²) in [4.78, 5) is 0. The van der Waals surface area contributed by atoms with Gasteiger partial charge in [-0.25, -0.2) is 0 Å². The smallest absolute Gasteiger partial charge is 0.00293 e. The lowest BCUT2D eigenvalue weighted by atomic mass is 9.77. The van der Waals surface area contributed by atoms with Crippen LogP contribution in [0.2, 0.25) is 0 Å². The van der Waals surface area contributed by atoms with Gasteiger partial charge in [0.25, 0.3) is 0 Å². The minimum atomic E-state index is 0.977. The second kappa shape index (κ2) is 12.2. The molecule has 0 bridgehead atoms. The SMILES string of the molecule is Cc1ccc(C2=Cc3c(c(-c4ccc5ccccc5c4)c4ccccc4c3-c3ccc4ccccc4c3)CC2)cc1-c1c(C)ccc2ccccc12. The lowest BCUT2D eigenvalue weighted by Gasteiger charge is -2.27. The van der Waals surface area contributed by atoms with Gasteiger partial charge in [0.05, 0.1) is 0 Å². The highest BCUT2D eigenvalue weighted by Crippen LogP contribution is 2.48. The van der Waals surface area contributed by atoms with Crippen LogP contribution in [-0.4, -0.2) is 0 Å². The van der Waals surface area contributed by atoms with Gasteiger partial charge in [-0.3, -0.25) is 0 Å². The fourth-order valence-electron chi connectivity index (χ4n) is 8.82. The van der Waals surface area contributed by atoms with Gasteiger partial charge in [-0.15, -0.1) is 0 Å². The summed E-state index contributed by atoms with van der Waals surface area (Å²) in [6.45, 7) is 4.50. The summed E-state index contributed by atoms with van der Waals surface area (Å²) in [5, 5.41) is 10.3. The van der Waals surface area contributed by atoms with Gasteiger partial charge in [-0.05, 0) is 155 Å². The van der Waals surface area contributed by atoms with E-state index in [0.29, 0.717) is 0 Å². The second-order valence-corrected chi connectivity index (χ2v) is 14.5. The number of aryl methyl sites for hydroxylation is 2. The molecule has 0 aliphatic heterocycles. The van der Waals surface area contributed by atoms with Crippen molar-refractivity contribution in [1.29, 1.82) is 0 Å². The molecule has 52 heavy (non-hydrogen) atoms. The first-order valence-electron chi connectivity index (χ1n) is 18.5. The molecule has 0 aromatic heterocycles. The van der Waals surface area contributed by atoms with Gasteiger partial charge in [0, 0.05) is 0 Å². The first kappa shape index (κ1) is 30.6. The van der Waals surface area contributed by atoms with Crippen LogP contribution in [0.1, 0.15) is 34.2 Å². The molecule has 9 aromatic rings. The minimum absolute atomic E-state index is 0.977. The molecule has 246 valence electrons. The van der Waals surface area contributed by atoms with E-state index in [1.807, 2.05) is 0 Å². The second-order valence-electron chi connectivity index (χ2n) is 14.5. The largest absolute Gasteiger partial charge is 0.0616 e. The van der Waals surface area contributed by atoms with E-state index in [-0.39, 0.29) is 0 Å². The highest BCUT2D eigenvalue weighted by molar-refractivity contribution is 6.13. The molecule has 0 atom stereocenters. The highest BCUT2D eigenvalue weighted by Gasteiger charge is 2.25. The summed E-state index contributed by atoms with van der Waals surface area (Å²) in [5.74, 6) is 0. The normalized spacial score (nSPS) is 12.8. The van der Waals surface area contributed by atoms with Crippen molar-refractivity contribution in [1.82, 2.24) is 0 Å². The topological polar surface area (TPSA) is 0 Å². The molecule has 0 nitrogen and oxygen atoms in total. The molecule has 1 aliphatic rings. The van der Waals surface area contributed by atoms with Crippen LogP contribution in [0.3, 0.4) is 0 Å². The van der Waals surface area contributed by atoms with Gasteiger partial charge >= 0.3 is 0 Å². The van der Waals surface area contributed by atoms with Crippen molar-refractivity contribution in [2.45, 2.75) is 26.7 Å². The maximum atomic E-state index is 2.53. The highest BCUT2D eigenvalue weighted by atomic mass is 14.3. The van der Waals surface area contributed by atoms with E-state index in [1.165, 1.54) is 110 Å². The fourth-order valence-corrected chi connectivity index (χ4v) is 8.82. The van der Waals surface area contributed by atoms with Gasteiger partial charge in [0.1, 0.15) is 0 Å². The molecule has 9 aromatic carbocycles. The zero-order valence-electron chi connectivity index (χ0n) is 29.6. The van der Waals surface area contributed by atoms with E-state index in [0.717, 1.165) is 12.8 Å². The number of hydrogen-bond acceptors (Lipinski definition) is 0. The third-order valence-corrected chi connectivity index (χ3v) is 11.4. The van der Waals surface area contributed by atoms with Crippen LogP contribution in [0, 0.1) is 13.8 Å².